The van der Waals surface area contributed by atoms with Crippen LogP contribution in [0.1, 0.15) is 10.4 Å². The zero-order valence-electron chi connectivity index (χ0n) is 11.8. The van der Waals surface area contributed by atoms with Crippen molar-refractivity contribution in [2.75, 3.05) is 5.32 Å². The molecule has 0 amide bonds. The molecule has 0 aromatic carbocycles. The van der Waals surface area contributed by atoms with Crippen molar-refractivity contribution < 1.29 is 9.90 Å². The van der Waals surface area contributed by atoms with Crippen molar-refractivity contribution >= 4 is 17.5 Å². The van der Waals surface area contributed by atoms with Gasteiger partial charge in [-0.1, -0.05) is 0 Å². The molecule has 3 aromatic heterocycles. The number of anilines is 2. The van der Waals surface area contributed by atoms with E-state index in [1.165, 1.54) is 18.5 Å². The molecule has 3 aromatic rings. The molecular weight excluding hydrogens is 282 g/mol. The summed E-state index contributed by atoms with van der Waals surface area (Å²) in [6.45, 7) is 0. The molecule has 0 aliphatic heterocycles. The fraction of sp³-hybridized carbons (Fsp3) is 0.0667. The van der Waals surface area contributed by atoms with Crippen molar-refractivity contribution in [3.05, 3.63) is 54.6 Å². The molecule has 110 valence electrons. The van der Waals surface area contributed by atoms with E-state index in [2.05, 4.69) is 20.4 Å². The van der Waals surface area contributed by atoms with Gasteiger partial charge in [-0.05, 0) is 18.2 Å². The van der Waals surface area contributed by atoms with Crippen molar-refractivity contribution in [2.45, 2.75) is 0 Å². The molecule has 0 saturated heterocycles. The van der Waals surface area contributed by atoms with E-state index in [1.54, 1.807) is 24.1 Å². The molecule has 3 rings (SSSR count). The van der Waals surface area contributed by atoms with Crippen LogP contribution in [-0.4, -0.2) is 30.8 Å². The van der Waals surface area contributed by atoms with E-state index in [-0.39, 0.29) is 5.56 Å². The van der Waals surface area contributed by atoms with Gasteiger partial charge in [0.2, 0.25) is 0 Å². The predicted octanol–water partition coefficient (Wildman–Crippen LogP) is 2.32. The second-order valence-corrected chi connectivity index (χ2v) is 4.63. The van der Waals surface area contributed by atoms with Crippen LogP contribution in [0.5, 0.6) is 0 Å². The smallest absolute Gasteiger partial charge is 0.337 e. The Morgan fingerprint density at radius 3 is 2.64 bits per heavy atom. The van der Waals surface area contributed by atoms with Crippen molar-refractivity contribution in [3.63, 3.8) is 0 Å². The molecule has 0 radical (unpaired) electrons. The third-order valence-corrected chi connectivity index (χ3v) is 3.17. The first-order valence-electron chi connectivity index (χ1n) is 6.54. The second kappa shape index (κ2) is 5.65. The molecule has 0 fully saturated rings. The number of carboxylic acids is 1. The van der Waals surface area contributed by atoms with E-state index in [9.17, 15) is 9.90 Å². The molecule has 22 heavy (non-hydrogen) atoms. The maximum absolute atomic E-state index is 11.2. The molecule has 2 N–H and O–H groups in total. The standard InChI is InChI=1S/C15H13N5O2/c1-20-14(8-12(19-20)10-2-5-16-6-3-10)18-13-9-17-7-4-11(13)15(21)22/h2-9,18H,1H3,(H,21,22). The molecule has 0 saturated carbocycles. The third-order valence-electron chi connectivity index (χ3n) is 3.17. The third kappa shape index (κ3) is 2.64. The van der Waals surface area contributed by atoms with Gasteiger partial charge in [-0.3, -0.25) is 14.6 Å². The summed E-state index contributed by atoms with van der Waals surface area (Å²) < 4.78 is 1.65. The van der Waals surface area contributed by atoms with Crippen LogP contribution >= 0.6 is 0 Å². The van der Waals surface area contributed by atoms with Gasteiger partial charge >= 0.3 is 5.97 Å². The summed E-state index contributed by atoms with van der Waals surface area (Å²) in [5.41, 5.74) is 2.28. The molecule has 7 heteroatoms. The van der Waals surface area contributed by atoms with Gasteiger partial charge in [-0.25, -0.2) is 4.79 Å². The monoisotopic (exact) mass is 295 g/mol. The van der Waals surface area contributed by atoms with Crippen LogP contribution in [0.4, 0.5) is 11.5 Å². The molecule has 3 heterocycles. The Kier molecular flexibility index (Phi) is 3.53. The average molecular weight is 295 g/mol. The largest absolute Gasteiger partial charge is 0.478 e. The number of aromatic carboxylic acids is 1. The zero-order chi connectivity index (χ0) is 15.5. The molecule has 0 unspecified atom stereocenters. The first-order chi connectivity index (χ1) is 10.6. The lowest BCUT2D eigenvalue weighted by Crippen LogP contribution is -2.05. The van der Waals surface area contributed by atoms with Crippen molar-refractivity contribution in [3.8, 4) is 11.3 Å². The van der Waals surface area contributed by atoms with Gasteiger partial charge in [0.05, 0.1) is 23.1 Å². The Hall–Kier alpha value is -3.22. The minimum absolute atomic E-state index is 0.154. The predicted molar refractivity (Wildman–Crippen MR) is 80.9 cm³/mol. The minimum Gasteiger partial charge on any atom is -0.478 e. The second-order valence-electron chi connectivity index (χ2n) is 4.63. The SMILES string of the molecule is Cn1nc(-c2ccncc2)cc1Nc1cnccc1C(=O)O. The summed E-state index contributed by atoms with van der Waals surface area (Å²) >= 11 is 0. The summed E-state index contributed by atoms with van der Waals surface area (Å²) in [6, 6.07) is 7.01. The summed E-state index contributed by atoms with van der Waals surface area (Å²) in [5, 5.41) is 16.7. The average Bonchev–Trinajstić information content (AvgIpc) is 2.90. The first kappa shape index (κ1) is 13.7. The van der Waals surface area contributed by atoms with E-state index in [4.69, 9.17) is 0 Å². The van der Waals surface area contributed by atoms with E-state index < -0.39 is 5.97 Å². The highest BCUT2D eigenvalue weighted by Gasteiger charge is 2.13. The first-order valence-corrected chi connectivity index (χ1v) is 6.54. The highest BCUT2D eigenvalue weighted by molar-refractivity contribution is 5.94. The summed E-state index contributed by atoms with van der Waals surface area (Å²) in [4.78, 5) is 19.2. The van der Waals surface area contributed by atoms with E-state index in [0.717, 1.165) is 11.3 Å². The lowest BCUT2D eigenvalue weighted by molar-refractivity contribution is 0.0698. The Morgan fingerprint density at radius 2 is 1.91 bits per heavy atom. The van der Waals surface area contributed by atoms with Crippen LogP contribution in [0.25, 0.3) is 11.3 Å². The van der Waals surface area contributed by atoms with E-state index >= 15 is 0 Å². The number of pyridine rings is 2. The van der Waals surface area contributed by atoms with Gasteiger partial charge < -0.3 is 10.4 Å². The molecule has 0 aliphatic rings. The summed E-state index contributed by atoms with van der Waals surface area (Å²) in [5.74, 6) is -0.344. The van der Waals surface area contributed by atoms with E-state index in [0.29, 0.717) is 11.5 Å². The Bertz CT molecular complexity index is 814. The highest BCUT2D eigenvalue weighted by Crippen LogP contribution is 2.24. The van der Waals surface area contributed by atoms with Gasteiger partial charge in [0.25, 0.3) is 0 Å². The molecule has 0 bridgehead atoms. The number of carboxylic acid groups (broad SMARTS) is 1. The van der Waals surface area contributed by atoms with Crippen LogP contribution in [0, 0.1) is 0 Å². The van der Waals surface area contributed by atoms with Crippen LogP contribution < -0.4 is 5.32 Å². The molecule has 0 aliphatic carbocycles. The van der Waals surface area contributed by atoms with Crippen molar-refractivity contribution in [1.82, 2.24) is 19.7 Å². The lowest BCUT2D eigenvalue weighted by Gasteiger charge is -2.08. The minimum atomic E-state index is -1.01. The fourth-order valence-corrected chi connectivity index (χ4v) is 2.07. The van der Waals surface area contributed by atoms with Crippen LogP contribution in [0.3, 0.4) is 0 Å². The van der Waals surface area contributed by atoms with Crippen LogP contribution in [0.2, 0.25) is 0 Å². The quantitative estimate of drug-likeness (QED) is 0.767. The Morgan fingerprint density at radius 1 is 1.18 bits per heavy atom. The number of hydrogen-bond acceptors (Lipinski definition) is 5. The summed E-state index contributed by atoms with van der Waals surface area (Å²) in [7, 11) is 1.78. The number of carbonyl (C=O) groups is 1. The van der Waals surface area contributed by atoms with Crippen LogP contribution in [-0.2, 0) is 7.05 Å². The highest BCUT2D eigenvalue weighted by atomic mass is 16.4. The van der Waals surface area contributed by atoms with Gasteiger partial charge in [-0.15, -0.1) is 0 Å². The van der Waals surface area contributed by atoms with Gasteiger partial charge in [0.15, 0.2) is 0 Å². The van der Waals surface area contributed by atoms with Gasteiger partial charge in [0, 0.05) is 37.3 Å². The fourth-order valence-electron chi connectivity index (χ4n) is 2.07. The topological polar surface area (TPSA) is 92.9 Å². The number of hydrogen-bond donors (Lipinski definition) is 2. The van der Waals surface area contributed by atoms with Gasteiger partial charge in [0.1, 0.15) is 5.82 Å². The Labute approximate surface area is 126 Å². The molecular formula is C15H13N5O2. The number of nitrogens with zero attached hydrogens (tertiary/aromatic N) is 4. The van der Waals surface area contributed by atoms with Crippen molar-refractivity contribution in [1.29, 1.82) is 0 Å². The number of aromatic nitrogens is 4. The van der Waals surface area contributed by atoms with Gasteiger partial charge in [-0.2, -0.15) is 5.10 Å². The van der Waals surface area contributed by atoms with Crippen molar-refractivity contribution in [2.24, 2.45) is 7.05 Å². The zero-order valence-corrected chi connectivity index (χ0v) is 11.8. The molecule has 7 nitrogen and oxygen atoms in total. The summed E-state index contributed by atoms with van der Waals surface area (Å²) in [6.07, 6.45) is 6.31. The maximum atomic E-state index is 11.2. The molecule has 0 atom stereocenters. The normalized spacial score (nSPS) is 10.4. The number of nitrogens with one attached hydrogen (secondary N) is 1. The Balaban J connectivity index is 1.94. The maximum Gasteiger partial charge on any atom is 0.337 e. The van der Waals surface area contributed by atoms with E-state index in [1.807, 2.05) is 18.2 Å². The lowest BCUT2D eigenvalue weighted by atomic mass is 10.2. The molecule has 0 spiro atoms. The number of aryl methyl sites for hydroxylation is 1. The van der Waals surface area contributed by atoms with Crippen LogP contribution in [0.15, 0.2) is 49.1 Å². The number of rotatable bonds is 4.